The molecule has 1 saturated heterocycles. The van der Waals surface area contributed by atoms with Crippen LogP contribution in [0.15, 0.2) is 35.6 Å². The van der Waals surface area contributed by atoms with Gasteiger partial charge in [-0.25, -0.2) is 0 Å². The third-order valence-electron chi connectivity index (χ3n) is 4.83. The number of aromatic nitrogens is 1. The first-order valence-corrected chi connectivity index (χ1v) is 7.40. The van der Waals surface area contributed by atoms with Gasteiger partial charge in [0.25, 0.3) is 0 Å². The zero-order valence-corrected chi connectivity index (χ0v) is 11.7. The lowest BCUT2D eigenvalue weighted by Gasteiger charge is -2.31. The van der Waals surface area contributed by atoms with Gasteiger partial charge >= 0.3 is 0 Å². The number of hydrogen-bond donors (Lipinski definition) is 2. The maximum Gasteiger partial charge on any atom is 0.173 e. The Bertz CT molecular complexity index is 727. The van der Waals surface area contributed by atoms with Crippen LogP contribution in [0.4, 0.5) is 5.69 Å². The van der Waals surface area contributed by atoms with Crippen molar-refractivity contribution < 1.29 is 5.21 Å². The van der Waals surface area contributed by atoms with Gasteiger partial charge in [0, 0.05) is 24.2 Å². The van der Waals surface area contributed by atoms with Crippen LogP contribution in [0.2, 0.25) is 0 Å². The van der Waals surface area contributed by atoms with Gasteiger partial charge < -0.3 is 15.8 Å². The van der Waals surface area contributed by atoms with Crippen LogP contribution < -0.4 is 10.6 Å². The maximum absolute atomic E-state index is 9.08. The number of oxime groups is 1. The smallest absolute Gasteiger partial charge is 0.173 e. The molecule has 3 N–H and O–H groups in total. The largest absolute Gasteiger partial charge is 0.409 e. The minimum Gasteiger partial charge on any atom is -0.409 e. The second-order valence-electron chi connectivity index (χ2n) is 6.01. The van der Waals surface area contributed by atoms with Crippen molar-refractivity contribution in [1.82, 2.24) is 4.98 Å². The summed E-state index contributed by atoms with van der Waals surface area (Å²) in [4.78, 5) is 6.88. The van der Waals surface area contributed by atoms with E-state index in [9.17, 15) is 0 Å². The number of amidine groups is 1. The Kier molecular flexibility index (Phi) is 2.74. The summed E-state index contributed by atoms with van der Waals surface area (Å²) in [6.45, 7) is 1.06. The van der Waals surface area contributed by atoms with Crippen LogP contribution in [-0.2, 0) is 0 Å². The summed E-state index contributed by atoms with van der Waals surface area (Å²) in [7, 11) is 0. The molecule has 1 aliphatic carbocycles. The van der Waals surface area contributed by atoms with Crippen molar-refractivity contribution in [2.24, 2.45) is 16.8 Å². The first-order chi connectivity index (χ1) is 10.3. The summed E-state index contributed by atoms with van der Waals surface area (Å²) < 4.78 is 0. The third kappa shape index (κ3) is 1.84. The van der Waals surface area contributed by atoms with E-state index >= 15 is 0 Å². The van der Waals surface area contributed by atoms with E-state index in [-0.39, 0.29) is 5.84 Å². The Labute approximate surface area is 123 Å². The van der Waals surface area contributed by atoms with Crippen LogP contribution in [0.3, 0.4) is 0 Å². The lowest BCUT2D eigenvalue weighted by Crippen LogP contribution is -2.34. The fraction of sp³-hybridized carbons (Fsp3) is 0.375. The zero-order chi connectivity index (χ0) is 14.4. The molecule has 1 aromatic carbocycles. The van der Waals surface area contributed by atoms with Gasteiger partial charge in [0.1, 0.15) is 0 Å². The van der Waals surface area contributed by atoms with Gasteiger partial charge in [-0.05, 0) is 31.2 Å². The fourth-order valence-electron chi connectivity index (χ4n) is 3.88. The molecule has 2 atom stereocenters. The monoisotopic (exact) mass is 282 g/mol. The van der Waals surface area contributed by atoms with Crippen LogP contribution in [-0.4, -0.2) is 28.6 Å². The first kappa shape index (κ1) is 12.4. The van der Waals surface area contributed by atoms with Gasteiger partial charge in [-0.3, -0.25) is 4.98 Å². The molecule has 2 fully saturated rings. The lowest BCUT2D eigenvalue weighted by atomic mass is 10.0. The normalized spacial score (nSPS) is 25.0. The van der Waals surface area contributed by atoms with E-state index in [0.717, 1.165) is 34.6 Å². The number of para-hydroxylation sites is 1. The summed E-state index contributed by atoms with van der Waals surface area (Å²) in [6.07, 6.45) is 5.53. The Morgan fingerprint density at radius 2 is 2.19 bits per heavy atom. The number of pyridine rings is 1. The minimum atomic E-state index is 0.131. The van der Waals surface area contributed by atoms with Crippen molar-refractivity contribution in [3.63, 3.8) is 0 Å². The average molecular weight is 282 g/mol. The molecule has 1 saturated carbocycles. The van der Waals surface area contributed by atoms with E-state index in [2.05, 4.69) is 21.1 Å². The topological polar surface area (TPSA) is 74.7 Å². The molecule has 0 radical (unpaired) electrons. The van der Waals surface area contributed by atoms with Gasteiger partial charge in [0.05, 0.1) is 16.8 Å². The average Bonchev–Trinajstić information content (AvgIpc) is 3.16. The molecule has 2 heterocycles. The van der Waals surface area contributed by atoms with Gasteiger partial charge in [-0.1, -0.05) is 23.4 Å². The minimum absolute atomic E-state index is 0.131. The van der Waals surface area contributed by atoms with E-state index < -0.39 is 0 Å². The Morgan fingerprint density at radius 1 is 1.33 bits per heavy atom. The highest BCUT2D eigenvalue weighted by atomic mass is 16.4. The quantitative estimate of drug-likeness (QED) is 0.383. The van der Waals surface area contributed by atoms with Crippen molar-refractivity contribution in [2.45, 2.75) is 25.3 Å². The molecule has 5 nitrogen and oxygen atoms in total. The summed E-state index contributed by atoms with van der Waals surface area (Å²) in [6, 6.07) is 8.64. The number of fused-ring (bicyclic) bond motifs is 3. The van der Waals surface area contributed by atoms with Crippen molar-refractivity contribution in [2.75, 3.05) is 11.4 Å². The highest BCUT2D eigenvalue weighted by molar-refractivity contribution is 6.09. The van der Waals surface area contributed by atoms with Crippen LogP contribution in [0, 0.1) is 5.92 Å². The molecule has 5 heteroatoms. The summed E-state index contributed by atoms with van der Waals surface area (Å²) >= 11 is 0. The number of piperidine rings is 1. The SMILES string of the molecule is NC(=NO)c1cnc2ccccc2c1N1CC2CCC1C2. The van der Waals surface area contributed by atoms with E-state index in [1.54, 1.807) is 6.20 Å². The molecule has 2 aromatic rings. The highest BCUT2D eigenvalue weighted by Crippen LogP contribution is 2.43. The van der Waals surface area contributed by atoms with Crippen molar-refractivity contribution in [1.29, 1.82) is 0 Å². The zero-order valence-electron chi connectivity index (χ0n) is 11.7. The fourth-order valence-corrected chi connectivity index (χ4v) is 3.88. The lowest BCUT2D eigenvalue weighted by molar-refractivity contribution is 0.318. The number of benzene rings is 1. The molecular formula is C16H18N4O. The van der Waals surface area contributed by atoms with Crippen LogP contribution in [0.25, 0.3) is 10.9 Å². The van der Waals surface area contributed by atoms with Crippen LogP contribution in [0.5, 0.6) is 0 Å². The second-order valence-corrected chi connectivity index (χ2v) is 6.01. The van der Waals surface area contributed by atoms with Crippen LogP contribution >= 0.6 is 0 Å². The number of hydrogen-bond acceptors (Lipinski definition) is 4. The molecule has 0 spiro atoms. The Morgan fingerprint density at radius 3 is 2.90 bits per heavy atom. The molecule has 1 aromatic heterocycles. The number of nitrogens with two attached hydrogens (primary N) is 1. The third-order valence-corrected chi connectivity index (χ3v) is 4.83. The van der Waals surface area contributed by atoms with Crippen molar-refractivity contribution in [3.05, 3.63) is 36.0 Å². The molecule has 0 amide bonds. The standard InChI is InChI=1S/C16H18N4O/c17-16(19-21)13-8-18-14-4-2-1-3-12(14)15(13)20-9-10-5-6-11(20)7-10/h1-4,8,10-11,21H,5-7,9H2,(H2,17,19). The van der Waals surface area contributed by atoms with Gasteiger partial charge in [-0.2, -0.15) is 0 Å². The van der Waals surface area contributed by atoms with E-state index in [1.165, 1.54) is 19.3 Å². The van der Waals surface area contributed by atoms with E-state index in [4.69, 9.17) is 10.9 Å². The summed E-state index contributed by atoms with van der Waals surface area (Å²) in [5.41, 5.74) is 8.63. The predicted molar refractivity (Wildman–Crippen MR) is 82.7 cm³/mol. The summed E-state index contributed by atoms with van der Waals surface area (Å²) in [5, 5.41) is 13.3. The highest BCUT2D eigenvalue weighted by Gasteiger charge is 2.39. The van der Waals surface area contributed by atoms with E-state index in [1.807, 2.05) is 18.2 Å². The molecule has 2 unspecified atom stereocenters. The molecule has 2 aliphatic rings. The number of anilines is 1. The van der Waals surface area contributed by atoms with Gasteiger partial charge in [-0.15, -0.1) is 0 Å². The molecule has 108 valence electrons. The van der Waals surface area contributed by atoms with E-state index in [0.29, 0.717) is 6.04 Å². The van der Waals surface area contributed by atoms with Crippen molar-refractivity contribution >= 4 is 22.4 Å². The number of nitrogens with zero attached hydrogens (tertiary/aromatic N) is 3. The van der Waals surface area contributed by atoms with Gasteiger partial charge in [0.2, 0.25) is 0 Å². The Hall–Kier alpha value is -2.30. The predicted octanol–water partition coefficient (Wildman–Crippen LogP) is 2.32. The summed E-state index contributed by atoms with van der Waals surface area (Å²) in [5.74, 6) is 0.910. The Balaban J connectivity index is 1.95. The molecule has 1 aliphatic heterocycles. The molecule has 4 rings (SSSR count). The molecule has 21 heavy (non-hydrogen) atoms. The van der Waals surface area contributed by atoms with Gasteiger partial charge in [0.15, 0.2) is 5.84 Å². The van der Waals surface area contributed by atoms with Crippen molar-refractivity contribution in [3.8, 4) is 0 Å². The second kappa shape index (κ2) is 4.62. The maximum atomic E-state index is 9.08. The molecule has 2 bridgehead atoms. The van der Waals surface area contributed by atoms with Crippen LogP contribution in [0.1, 0.15) is 24.8 Å². The molecular weight excluding hydrogens is 264 g/mol. The number of rotatable bonds is 2. The first-order valence-electron chi connectivity index (χ1n) is 7.40.